The fraction of sp³-hybridized carbons (Fsp3) is 0.375. The van der Waals surface area contributed by atoms with E-state index in [0.29, 0.717) is 0 Å². The van der Waals surface area contributed by atoms with Gasteiger partial charge in [0.2, 0.25) is 0 Å². The van der Waals surface area contributed by atoms with Gasteiger partial charge in [0, 0.05) is 17.8 Å². The lowest BCUT2D eigenvalue weighted by Crippen LogP contribution is -2.10. The maximum atomic E-state index is 5.13. The van der Waals surface area contributed by atoms with Crippen molar-refractivity contribution in [1.29, 1.82) is 0 Å². The van der Waals surface area contributed by atoms with Crippen LogP contribution in [0.15, 0.2) is 18.3 Å². The minimum absolute atomic E-state index is 0.235. The highest BCUT2D eigenvalue weighted by Crippen LogP contribution is 2.16. The molecule has 0 bridgehead atoms. The van der Waals surface area contributed by atoms with Gasteiger partial charge in [0.15, 0.2) is 0 Å². The number of hydrogen-bond acceptors (Lipinski definition) is 3. The van der Waals surface area contributed by atoms with Gasteiger partial charge in [-0.05, 0) is 12.5 Å². The molecule has 0 spiro atoms. The number of H-pyrrole nitrogens is 1. The molecule has 2 nitrogen and oxygen atoms in total. The van der Waals surface area contributed by atoms with Crippen LogP contribution >= 0.6 is 25.0 Å². The fourth-order valence-electron chi connectivity index (χ4n) is 1.09. The molecule has 0 amide bonds. The lowest BCUT2D eigenvalue weighted by molar-refractivity contribution is 0.650. The van der Waals surface area contributed by atoms with E-state index in [4.69, 9.17) is 12.2 Å². The Morgan fingerprint density at radius 3 is 3.00 bits per heavy atom. The summed E-state index contributed by atoms with van der Waals surface area (Å²) in [6.07, 6.45) is 2.81. The van der Waals surface area contributed by atoms with E-state index >= 15 is 0 Å². The van der Waals surface area contributed by atoms with Crippen LogP contribution in [0.5, 0.6) is 0 Å². The van der Waals surface area contributed by atoms with Crippen LogP contribution in [0.3, 0.4) is 0 Å². The van der Waals surface area contributed by atoms with Gasteiger partial charge >= 0.3 is 0 Å². The highest BCUT2D eigenvalue weighted by molar-refractivity contribution is 7.78. The van der Waals surface area contributed by atoms with Gasteiger partial charge in [-0.3, -0.25) is 4.72 Å². The molecule has 1 heterocycles. The van der Waals surface area contributed by atoms with Crippen LogP contribution in [-0.2, 0) is 0 Å². The molecule has 0 radical (unpaired) electrons. The molecule has 66 valence electrons. The molecule has 0 aromatic carbocycles. The molecule has 0 aliphatic heterocycles. The second-order valence-electron chi connectivity index (χ2n) is 2.54. The molecular formula is C8H12N2S2. The molecule has 1 rings (SSSR count). The molecule has 1 aromatic rings. The quantitative estimate of drug-likeness (QED) is 0.517. The van der Waals surface area contributed by atoms with Crippen molar-refractivity contribution in [2.75, 3.05) is 0 Å². The maximum absolute atomic E-state index is 5.13. The third kappa shape index (κ3) is 2.09. The minimum Gasteiger partial charge on any atom is -0.353 e. The molecule has 0 fully saturated rings. The fourth-order valence-corrected chi connectivity index (χ4v) is 1.69. The van der Waals surface area contributed by atoms with Crippen molar-refractivity contribution in [3.05, 3.63) is 28.5 Å². The van der Waals surface area contributed by atoms with Crippen molar-refractivity contribution < 1.29 is 0 Å². The molecule has 0 aliphatic carbocycles. The summed E-state index contributed by atoms with van der Waals surface area (Å²) in [6.45, 7) is 2.09. The highest BCUT2D eigenvalue weighted by Gasteiger charge is 2.07. The molecule has 0 saturated carbocycles. The first kappa shape index (κ1) is 9.77. The Morgan fingerprint density at radius 1 is 1.75 bits per heavy atom. The Bertz CT molecular complexity index is 291. The predicted octanol–water partition coefficient (Wildman–Crippen LogP) is 2.63. The van der Waals surface area contributed by atoms with Crippen LogP contribution in [0.25, 0.3) is 0 Å². The zero-order chi connectivity index (χ0) is 8.97. The van der Waals surface area contributed by atoms with Gasteiger partial charge in [-0.2, -0.15) is 0 Å². The van der Waals surface area contributed by atoms with E-state index < -0.39 is 0 Å². The standard InChI is InChI=1S/C8H12N2S2/c1-2-7(10-12)6-4-3-5-9-8(6)11/h3-5,7,10,12H,2H2,1H3,(H,9,11). The lowest BCUT2D eigenvalue weighted by atomic mass is 10.1. The summed E-state index contributed by atoms with van der Waals surface area (Å²) >= 11 is 9.18. The number of thiol groups is 1. The lowest BCUT2D eigenvalue weighted by Gasteiger charge is -2.12. The Kier molecular flexibility index (Phi) is 3.78. The average molecular weight is 200 g/mol. The van der Waals surface area contributed by atoms with Gasteiger partial charge in [0.05, 0.1) is 0 Å². The van der Waals surface area contributed by atoms with Crippen LogP contribution < -0.4 is 4.72 Å². The van der Waals surface area contributed by atoms with Crippen molar-refractivity contribution >= 4 is 25.0 Å². The molecule has 1 unspecified atom stereocenters. The van der Waals surface area contributed by atoms with Crippen LogP contribution in [-0.4, -0.2) is 4.98 Å². The third-order valence-corrected chi connectivity index (χ3v) is 2.45. The first-order chi connectivity index (χ1) is 5.79. The Balaban J connectivity index is 3.00. The van der Waals surface area contributed by atoms with Crippen LogP contribution in [0.4, 0.5) is 0 Å². The molecule has 12 heavy (non-hydrogen) atoms. The zero-order valence-electron chi connectivity index (χ0n) is 6.87. The molecule has 0 saturated heterocycles. The smallest absolute Gasteiger partial charge is 0.108 e. The van der Waals surface area contributed by atoms with E-state index in [2.05, 4.69) is 29.4 Å². The predicted molar refractivity (Wildman–Crippen MR) is 56.8 cm³/mol. The van der Waals surface area contributed by atoms with Crippen molar-refractivity contribution in [2.45, 2.75) is 19.4 Å². The molecule has 0 aliphatic rings. The summed E-state index contributed by atoms with van der Waals surface area (Å²) < 4.78 is 3.70. The van der Waals surface area contributed by atoms with Gasteiger partial charge in [0.25, 0.3) is 0 Å². The van der Waals surface area contributed by atoms with E-state index in [1.807, 2.05) is 18.3 Å². The van der Waals surface area contributed by atoms with Crippen molar-refractivity contribution in [3.8, 4) is 0 Å². The van der Waals surface area contributed by atoms with Crippen LogP contribution in [0.1, 0.15) is 24.9 Å². The Morgan fingerprint density at radius 2 is 2.50 bits per heavy atom. The van der Waals surface area contributed by atoms with Gasteiger partial charge in [-0.15, -0.1) is 0 Å². The van der Waals surface area contributed by atoms with Crippen molar-refractivity contribution in [1.82, 2.24) is 9.71 Å². The van der Waals surface area contributed by atoms with Crippen molar-refractivity contribution in [2.24, 2.45) is 0 Å². The normalized spacial score (nSPS) is 12.8. The van der Waals surface area contributed by atoms with Crippen LogP contribution in [0, 0.1) is 4.64 Å². The van der Waals surface area contributed by atoms with E-state index in [0.717, 1.165) is 16.6 Å². The molecule has 2 N–H and O–H groups in total. The van der Waals surface area contributed by atoms with Gasteiger partial charge < -0.3 is 4.98 Å². The Hall–Kier alpha value is -0.320. The molecule has 1 aromatic heterocycles. The number of aromatic amines is 1. The highest BCUT2D eigenvalue weighted by atomic mass is 32.1. The number of aromatic nitrogens is 1. The molecule has 4 heteroatoms. The minimum atomic E-state index is 0.235. The Labute approximate surface area is 82.9 Å². The first-order valence-corrected chi connectivity index (χ1v) is 4.72. The summed E-state index contributed by atoms with van der Waals surface area (Å²) in [5, 5.41) is 0. The molecular weight excluding hydrogens is 188 g/mol. The second kappa shape index (κ2) is 4.64. The van der Waals surface area contributed by atoms with Crippen molar-refractivity contribution in [3.63, 3.8) is 0 Å². The zero-order valence-corrected chi connectivity index (χ0v) is 8.58. The molecule has 1 atom stereocenters. The van der Waals surface area contributed by atoms with Gasteiger partial charge in [0.1, 0.15) is 4.64 Å². The van der Waals surface area contributed by atoms with E-state index in [1.165, 1.54) is 0 Å². The summed E-state index contributed by atoms with van der Waals surface area (Å²) in [7, 11) is 0. The summed E-state index contributed by atoms with van der Waals surface area (Å²) in [6, 6.07) is 4.19. The third-order valence-electron chi connectivity index (χ3n) is 1.79. The topological polar surface area (TPSA) is 27.8 Å². The summed E-state index contributed by atoms with van der Waals surface area (Å²) in [5.74, 6) is 0. The van der Waals surface area contributed by atoms with Gasteiger partial charge in [-0.1, -0.05) is 38.0 Å². The number of hydrogen-bond donors (Lipinski definition) is 3. The average Bonchev–Trinajstić information content (AvgIpc) is 2.10. The summed E-state index contributed by atoms with van der Waals surface area (Å²) in [5.41, 5.74) is 1.10. The monoisotopic (exact) mass is 200 g/mol. The number of nitrogens with one attached hydrogen (secondary N) is 2. The van der Waals surface area contributed by atoms with E-state index in [-0.39, 0.29) is 6.04 Å². The summed E-state index contributed by atoms with van der Waals surface area (Å²) in [4.78, 5) is 2.99. The number of rotatable bonds is 3. The number of pyridine rings is 1. The van der Waals surface area contributed by atoms with E-state index in [1.54, 1.807) is 0 Å². The van der Waals surface area contributed by atoms with E-state index in [9.17, 15) is 0 Å². The SMILES string of the molecule is CCC(NS)c1ccc[nH]c1=S. The second-order valence-corrected chi connectivity index (χ2v) is 3.21. The maximum Gasteiger partial charge on any atom is 0.108 e. The van der Waals surface area contributed by atoms with Gasteiger partial charge in [-0.25, -0.2) is 0 Å². The largest absolute Gasteiger partial charge is 0.353 e. The van der Waals surface area contributed by atoms with Crippen LogP contribution in [0.2, 0.25) is 0 Å². The first-order valence-electron chi connectivity index (χ1n) is 3.86.